The van der Waals surface area contributed by atoms with Gasteiger partial charge in [-0.2, -0.15) is 0 Å². The molecule has 0 atom stereocenters. The third kappa shape index (κ3) is 3.53. The molecule has 0 aliphatic heterocycles. The van der Waals surface area contributed by atoms with E-state index >= 15 is 0 Å². The van der Waals surface area contributed by atoms with Gasteiger partial charge in [-0.05, 0) is 46.5 Å². The largest absolute Gasteiger partial charge is 0.493 e. The third-order valence-electron chi connectivity index (χ3n) is 4.37. The summed E-state index contributed by atoms with van der Waals surface area (Å²) in [4.78, 5) is 11.1. The SMILES string of the molecule is CC(C)(C)c1ccc(OCCn2c(O)c(N=O)c3cc(Cl)ccc32)cc1. The Balaban J connectivity index is 1.76. The molecule has 0 fully saturated rings. The second kappa shape index (κ2) is 7.00. The zero-order chi connectivity index (χ0) is 18.9. The summed E-state index contributed by atoms with van der Waals surface area (Å²) in [5, 5.41) is 14.2. The van der Waals surface area contributed by atoms with E-state index in [4.69, 9.17) is 16.3 Å². The molecule has 3 aromatic rings. The van der Waals surface area contributed by atoms with E-state index in [0.29, 0.717) is 29.1 Å². The molecule has 0 saturated carbocycles. The minimum absolute atomic E-state index is 0.00275. The van der Waals surface area contributed by atoms with Gasteiger partial charge in [0, 0.05) is 10.4 Å². The molecule has 1 N–H and O–H groups in total. The normalized spacial score (nSPS) is 11.7. The number of hydrogen-bond donors (Lipinski definition) is 1. The maximum atomic E-state index is 11.1. The van der Waals surface area contributed by atoms with Gasteiger partial charge in [-0.3, -0.25) is 0 Å². The summed E-state index contributed by atoms with van der Waals surface area (Å²) in [6, 6.07) is 13.1. The summed E-state index contributed by atoms with van der Waals surface area (Å²) in [5.41, 5.74) is 2.01. The van der Waals surface area contributed by atoms with Gasteiger partial charge < -0.3 is 14.4 Å². The van der Waals surface area contributed by atoms with E-state index in [2.05, 4.69) is 25.9 Å². The van der Waals surface area contributed by atoms with Crippen LogP contribution in [0.25, 0.3) is 10.9 Å². The fourth-order valence-electron chi connectivity index (χ4n) is 2.92. The number of rotatable bonds is 5. The summed E-state index contributed by atoms with van der Waals surface area (Å²) < 4.78 is 7.38. The lowest BCUT2D eigenvalue weighted by molar-refractivity contribution is 0.290. The first-order chi connectivity index (χ1) is 12.3. The van der Waals surface area contributed by atoms with E-state index in [-0.39, 0.29) is 17.0 Å². The van der Waals surface area contributed by atoms with Crippen LogP contribution in [0.3, 0.4) is 0 Å². The maximum absolute atomic E-state index is 11.1. The Morgan fingerprint density at radius 2 is 1.85 bits per heavy atom. The molecule has 0 bridgehead atoms. The van der Waals surface area contributed by atoms with Gasteiger partial charge in [0.25, 0.3) is 0 Å². The number of nitroso groups, excluding NO2 is 1. The molecule has 0 unspecified atom stereocenters. The highest BCUT2D eigenvalue weighted by Crippen LogP contribution is 2.39. The summed E-state index contributed by atoms with van der Waals surface area (Å²) in [7, 11) is 0. The third-order valence-corrected chi connectivity index (χ3v) is 4.60. The van der Waals surface area contributed by atoms with Crippen LogP contribution in [0, 0.1) is 4.91 Å². The number of nitrogens with zero attached hydrogens (tertiary/aromatic N) is 2. The van der Waals surface area contributed by atoms with E-state index in [1.54, 1.807) is 22.8 Å². The van der Waals surface area contributed by atoms with Gasteiger partial charge in [-0.25, -0.2) is 0 Å². The minimum atomic E-state index is -0.177. The second-order valence-corrected chi connectivity index (χ2v) is 7.64. The number of ether oxygens (including phenoxy) is 1. The monoisotopic (exact) mass is 372 g/mol. The quantitative estimate of drug-likeness (QED) is 0.578. The predicted octanol–water partition coefficient (Wildman–Crippen LogP) is 5.77. The number of hydrogen-bond acceptors (Lipinski definition) is 4. The van der Waals surface area contributed by atoms with Crippen LogP contribution in [0.4, 0.5) is 5.69 Å². The second-order valence-electron chi connectivity index (χ2n) is 7.20. The molecule has 0 aliphatic carbocycles. The predicted molar refractivity (Wildman–Crippen MR) is 105 cm³/mol. The molecule has 0 radical (unpaired) electrons. The standard InChI is InChI=1S/C20H21ClN2O3/c1-20(2,3)13-4-7-15(8-5-13)26-11-10-23-17-9-6-14(21)12-16(17)18(22-25)19(23)24/h4-9,12,24H,10-11H2,1-3H3. The van der Waals surface area contributed by atoms with Crippen LogP contribution in [-0.2, 0) is 12.0 Å². The van der Waals surface area contributed by atoms with Crippen molar-refractivity contribution in [3.8, 4) is 11.6 Å². The Morgan fingerprint density at radius 3 is 2.46 bits per heavy atom. The van der Waals surface area contributed by atoms with Crippen LogP contribution < -0.4 is 4.74 Å². The van der Waals surface area contributed by atoms with Crippen molar-refractivity contribution < 1.29 is 9.84 Å². The van der Waals surface area contributed by atoms with Gasteiger partial charge in [0.05, 0.1) is 12.1 Å². The first kappa shape index (κ1) is 18.3. The van der Waals surface area contributed by atoms with Crippen LogP contribution >= 0.6 is 11.6 Å². The Labute approximate surface area is 157 Å². The van der Waals surface area contributed by atoms with Crippen molar-refractivity contribution in [2.45, 2.75) is 32.7 Å². The van der Waals surface area contributed by atoms with Crippen molar-refractivity contribution in [2.75, 3.05) is 6.61 Å². The van der Waals surface area contributed by atoms with Crippen molar-refractivity contribution in [2.24, 2.45) is 5.18 Å². The Hall–Kier alpha value is -2.53. The van der Waals surface area contributed by atoms with Crippen molar-refractivity contribution in [3.05, 3.63) is 58.0 Å². The molecule has 3 rings (SSSR count). The molecule has 136 valence electrons. The minimum Gasteiger partial charge on any atom is -0.493 e. The molecule has 0 spiro atoms. The molecule has 2 aromatic carbocycles. The first-order valence-corrected chi connectivity index (χ1v) is 8.76. The molecular formula is C20H21ClN2O3. The average molecular weight is 373 g/mol. The van der Waals surface area contributed by atoms with Crippen LogP contribution in [0.5, 0.6) is 11.6 Å². The molecule has 0 aliphatic rings. The molecule has 1 heterocycles. The maximum Gasteiger partial charge on any atom is 0.222 e. The number of fused-ring (bicyclic) bond motifs is 1. The summed E-state index contributed by atoms with van der Waals surface area (Å²) in [6.45, 7) is 7.20. The molecule has 0 saturated heterocycles. The lowest BCUT2D eigenvalue weighted by atomic mass is 9.87. The van der Waals surface area contributed by atoms with Crippen LogP contribution in [0.1, 0.15) is 26.3 Å². The summed E-state index contributed by atoms with van der Waals surface area (Å²) >= 11 is 5.98. The van der Waals surface area contributed by atoms with Crippen molar-refractivity contribution in [3.63, 3.8) is 0 Å². The van der Waals surface area contributed by atoms with Gasteiger partial charge in [-0.15, -0.1) is 4.91 Å². The lowest BCUT2D eigenvalue weighted by Crippen LogP contribution is -2.11. The zero-order valence-electron chi connectivity index (χ0n) is 15.0. The summed E-state index contributed by atoms with van der Waals surface area (Å²) in [5.74, 6) is 0.578. The van der Waals surface area contributed by atoms with Crippen LogP contribution in [0.2, 0.25) is 5.02 Å². The zero-order valence-corrected chi connectivity index (χ0v) is 15.7. The topological polar surface area (TPSA) is 63.8 Å². The fraction of sp³-hybridized carbons (Fsp3) is 0.300. The molecule has 6 heteroatoms. The average Bonchev–Trinajstić information content (AvgIpc) is 2.85. The Morgan fingerprint density at radius 1 is 1.15 bits per heavy atom. The van der Waals surface area contributed by atoms with Crippen LogP contribution in [0.15, 0.2) is 47.6 Å². The molecule has 5 nitrogen and oxygen atoms in total. The number of aromatic nitrogens is 1. The number of benzene rings is 2. The molecular weight excluding hydrogens is 352 g/mol. The van der Waals surface area contributed by atoms with E-state index in [9.17, 15) is 10.0 Å². The van der Waals surface area contributed by atoms with Crippen LogP contribution in [-0.4, -0.2) is 16.3 Å². The van der Waals surface area contributed by atoms with Crippen molar-refractivity contribution in [1.29, 1.82) is 0 Å². The highest BCUT2D eigenvalue weighted by molar-refractivity contribution is 6.31. The van der Waals surface area contributed by atoms with E-state index in [0.717, 1.165) is 5.75 Å². The van der Waals surface area contributed by atoms with Gasteiger partial charge in [-0.1, -0.05) is 44.5 Å². The Kier molecular flexibility index (Phi) is 4.92. The number of halogens is 1. The summed E-state index contributed by atoms with van der Waals surface area (Å²) in [6.07, 6.45) is 0. The van der Waals surface area contributed by atoms with Gasteiger partial charge in [0.1, 0.15) is 12.4 Å². The van der Waals surface area contributed by atoms with Crippen molar-refractivity contribution in [1.82, 2.24) is 4.57 Å². The molecule has 26 heavy (non-hydrogen) atoms. The van der Waals surface area contributed by atoms with Gasteiger partial charge >= 0.3 is 0 Å². The smallest absolute Gasteiger partial charge is 0.222 e. The van der Waals surface area contributed by atoms with Gasteiger partial charge in [0.15, 0.2) is 5.69 Å². The fourth-order valence-corrected chi connectivity index (χ4v) is 3.09. The van der Waals surface area contributed by atoms with Crippen molar-refractivity contribution >= 4 is 28.2 Å². The molecule has 0 amide bonds. The number of aromatic hydroxyl groups is 1. The Bertz CT molecular complexity index is 940. The molecule has 1 aromatic heterocycles. The van der Waals surface area contributed by atoms with E-state index in [1.165, 1.54) is 5.56 Å². The van der Waals surface area contributed by atoms with E-state index < -0.39 is 0 Å². The van der Waals surface area contributed by atoms with E-state index in [1.807, 2.05) is 24.3 Å². The lowest BCUT2D eigenvalue weighted by Gasteiger charge is -2.19. The highest BCUT2D eigenvalue weighted by atomic mass is 35.5. The van der Waals surface area contributed by atoms with Gasteiger partial charge in [0.2, 0.25) is 5.88 Å². The highest BCUT2D eigenvalue weighted by Gasteiger charge is 2.18. The first-order valence-electron chi connectivity index (χ1n) is 8.38.